The van der Waals surface area contributed by atoms with E-state index in [2.05, 4.69) is 5.32 Å². The SMILES string of the molecule is CC(C)CN1C(=O)c2ccccc2C(C(=O)Nc2ccc(F)cc2F)C1c1cccs1. The minimum Gasteiger partial charge on any atom is -0.329 e. The highest BCUT2D eigenvalue weighted by Crippen LogP contribution is 2.45. The van der Waals surface area contributed by atoms with Crippen LogP contribution in [0.1, 0.15) is 46.6 Å². The summed E-state index contributed by atoms with van der Waals surface area (Å²) >= 11 is 1.47. The molecule has 1 aliphatic heterocycles. The van der Waals surface area contributed by atoms with Crippen LogP contribution in [0, 0.1) is 17.6 Å². The Hall–Kier alpha value is -3.06. The van der Waals surface area contributed by atoms with Crippen molar-refractivity contribution in [3.05, 3.63) is 87.6 Å². The van der Waals surface area contributed by atoms with Crippen molar-refractivity contribution in [3.63, 3.8) is 0 Å². The molecule has 1 aliphatic rings. The molecule has 4 nitrogen and oxygen atoms in total. The van der Waals surface area contributed by atoms with Crippen LogP contribution in [-0.2, 0) is 4.79 Å². The van der Waals surface area contributed by atoms with Gasteiger partial charge < -0.3 is 10.2 Å². The predicted octanol–water partition coefficient (Wildman–Crippen LogP) is 5.60. The van der Waals surface area contributed by atoms with Crippen molar-refractivity contribution in [1.82, 2.24) is 4.90 Å². The van der Waals surface area contributed by atoms with Gasteiger partial charge in [0.2, 0.25) is 5.91 Å². The molecule has 4 rings (SSSR count). The highest BCUT2D eigenvalue weighted by Gasteiger charge is 2.44. The maximum atomic E-state index is 14.2. The summed E-state index contributed by atoms with van der Waals surface area (Å²) in [6, 6.07) is 13.3. The minimum absolute atomic E-state index is 0.0962. The second-order valence-electron chi connectivity index (χ2n) is 7.99. The first-order valence-corrected chi connectivity index (χ1v) is 10.9. The van der Waals surface area contributed by atoms with E-state index in [0.29, 0.717) is 17.7 Å². The summed E-state index contributed by atoms with van der Waals surface area (Å²) in [7, 11) is 0. The zero-order valence-corrected chi connectivity index (χ0v) is 18.0. The Morgan fingerprint density at radius 3 is 2.58 bits per heavy atom. The highest BCUT2D eigenvalue weighted by atomic mass is 32.1. The normalized spacial score (nSPS) is 18.2. The van der Waals surface area contributed by atoms with E-state index in [1.54, 1.807) is 29.2 Å². The number of nitrogens with zero attached hydrogens (tertiary/aromatic N) is 1. The fraction of sp³-hybridized carbons (Fsp3) is 0.250. The zero-order chi connectivity index (χ0) is 22.1. The van der Waals surface area contributed by atoms with Crippen molar-refractivity contribution in [2.75, 3.05) is 11.9 Å². The summed E-state index contributed by atoms with van der Waals surface area (Å²) in [5.74, 6) is -2.69. The van der Waals surface area contributed by atoms with Gasteiger partial charge in [-0.15, -0.1) is 11.3 Å². The van der Waals surface area contributed by atoms with Gasteiger partial charge in [0.1, 0.15) is 11.6 Å². The van der Waals surface area contributed by atoms with Gasteiger partial charge in [-0.3, -0.25) is 9.59 Å². The van der Waals surface area contributed by atoms with Crippen LogP contribution in [0.2, 0.25) is 0 Å². The lowest BCUT2D eigenvalue weighted by Crippen LogP contribution is -2.47. The van der Waals surface area contributed by atoms with Gasteiger partial charge in [0, 0.05) is 23.1 Å². The molecule has 0 radical (unpaired) electrons. The number of halogens is 2. The summed E-state index contributed by atoms with van der Waals surface area (Å²) < 4.78 is 27.5. The van der Waals surface area contributed by atoms with E-state index in [9.17, 15) is 18.4 Å². The molecular weight excluding hydrogens is 418 g/mol. The summed E-state index contributed by atoms with van der Waals surface area (Å²) in [5.41, 5.74) is 0.975. The third kappa shape index (κ3) is 4.10. The Bertz CT molecular complexity index is 1110. The van der Waals surface area contributed by atoms with Crippen LogP contribution >= 0.6 is 11.3 Å². The molecule has 2 atom stereocenters. The lowest BCUT2D eigenvalue weighted by atomic mass is 9.81. The first-order chi connectivity index (χ1) is 14.9. The lowest BCUT2D eigenvalue weighted by molar-refractivity contribution is -0.119. The fourth-order valence-corrected chi connectivity index (χ4v) is 4.92. The molecule has 0 aliphatic carbocycles. The summed E-state index contributed by atoms with van der Waals surface area (Å²) in [6.07, 6.45) is 0. The molecule has 31 heavy (non-hydrogen) atoms. The lowest BCUT2D eigenvalue weighted by Gasteiger charge is -2.42. The standard InChI is InChI=1S/C24H22F2N2O2S/c1-14(2)13-28-22(20-8-5-11-31-20)21(16-6-3-4-7-17(16)24(28)30)23(29)27-19-10-9-15(25)12-18(19)26/h3-12,14,21-22H,13H2,1-2H3,(H,27,29). The maximum Gasteiger partial charge on any atom is 0.254 e. The van der Waals surface area contributed by atoms with Crippen LogP contribution in [0.15, 0.2) is 60.0 Å². The van der Waals surface area contributed by atoms with Crippen molar-refractivity contribution in [2.45, 2.75) is 25.8 Å². The summed E-state index contributed by atoms with van der Waals surface area (Å²) in [5, 5.41) is 4.52. The molecule has 0 fully saturated rings. The summed E-state index contributed by atoms with van der Waals surface area (Å²) in [6.45, 7) is 4.51. The van der Waals surface area contributed by atoms with Crippen LogP contribution < -0.4 is 5.32 Å². The van der Waals surface area contributed by atoms with Gasteiger partial charge in [0.25, 0.3) is 5.91 Å². The largest absolute Gasteiger partial charge is 0.329 e. The van der Waals surface area contributed by atoms with Gasteiger partial charge >= 0.3 is 0 Å². The van der Waals surface area contributed by atoms with E-state index in [4.69, 9.17) is 0 Å². The predicted molar refractivity (Wildman–Crippen MR) is 117 cm³/mol. The Morgan fingerprint density at radius 2 is 1.90 bits per heavy atom. The molecule has 0 saturated heterocycles. The number of thiophene rings is 1. The number of carbonyl (C=O) groups is 2. The molecule has 160 valence electrons. The topological polar surface area (TPSA) is 49.4 Å². The van der Waals surface area contributed by atoms with Crippen molar-refractivity contribution in [2.24, 2.45) is 5.92 Å². The molecule has 0 spiro atoms. The Kier molecular flexibility index (Phi) is 5.87. The molecule has 0 bridgehead atoms. The van der Waals surface area contributed by atoms with Gasteiger partial charge in [0.05, 0.1) is 17.6 Å². The molecule has 2 heterocycles. The van der Waals surface area contributed by atoms with Crippen molar-refractivity contribution < 1.29 is 18.4 Å². The van der Waals surface area contributed by atoms with Gasteiger partial charge in [-0.1, -0.05) is 38.1 Å². The molecule has 2 amide bonds. The van der Waals surface area contributed by atoms with E-state index < -0.39 is 29.5 Å². The quantitative estimate of drug-likeness (QED) is 0.561. The van der Waals surface area contributed by atoms with Crippen LogP contribution in [-0.4, -0.2) is 23.3 Å². The van der Waals surface area contributed by atoms with E-state index >= 15 is 0 Å². The highest BCUT2D eigenvalue weighted by molar-refractivity contribution is 7.10. The van der Waals surface area contributed by atoms with Crippen LogP contribution in [0.3, 0.4) is 0 Å². The average Bonchev–Trinajstić information content (AvgIpc) is 3.26. The second-order valence-corrected chi connectivity index (χ2v) is 8.97. The third-order valence-corrected chi connectivity index (χ3v) is 6.25. The van der Waals surface area contributed by atoms with E-state index in [1.165, 1.54) is 17.4 Å². The number of anilines is 1. The van der Waals surface area contributed by atoms with Gasteiger partial charge in [-0.05, 0) is 41.1 Å². The summed E-state index contributed by atoms with van der Waals surface area (Å²) in [4.78, 5) is 29.5. The van der Waals surface area contributed by atoms with Crippen molar-refractivity contribution in [1.29, 1.82) is 0 Å². The number of rotatable bonds is 5. The number of carbonyl (C=O) groups excluding carboxylic acids is 2. The maximum absolute atomic E-state index is 14.2. The molecule has 3 aromatic rings. The van der Waals surface area contributed by atoms with Crippen LogP contribution in [0.5, 0.6) is 0 Å². The smallest absolute Gasteiger partial charge is 0.254 e. The minimum atomic E-state index is -0.847. The number of benzene rings is 2. The Morgan fingerprint density at radius 1 is 1.13 bits per heavy atom. The Labute approximate surface area is 183 Å². The van der Waals surface area contributed by atoms with Gasteiger partial charge in [-0.2, -0.15) is 0 Å². The van der Waals surface area contributed by atoms with Crippen molar-refractivity contribution in [3.8, 4) is 0 Å². The average molecular weight is 441 g/mol. The number of nitrogens with one attached hydrogen (secondary N) is 1. The monoisotopic (exact) mass is 440 g/mol. The van der Waals surface area contributed by atoms with Crippen LogP contribution in [0.25, 0.3) is 0 Å². The molecule has 7 heteroatoms. The molecule has 1 N–H and O–H groups in total. The molecular formula is C24H22F2N2O2S. The molecule has 1 aromatic heterocycles. The second kappa shape index (κ2) is 8.59. The number of hydrogen-bond donors (Lipinski definition) is 1. The Balaban J connectivity index is 1.82. The third-order valence-electron chi connectivity index (χ3n) is 5.31. The number of fused-ring (bicyclic) bond motifs is 1. The van der Waals surface area contributed by atoms with Crippen LogP contribution in [0.4, 0.5) is 14.5 Å². The van der Waals surface area contributed by atoms with Crippen molar-refractivity contribution >= 4 is 28.8 Å². The van der Waals surface area contributed by atoms with Gasteiger partial charge in [-0.25, -0.2) is 8.78 Å². The first kappa shape index (κ1) is 21.2. The fourth-order valence-electron chi connectivity index (χ4n) is 4.05. The van der Waals surface area contributed by atoms with E-state index in [-0.39, 0.29) is 17.5 Å². The molecule has 2 aromatic carbocycles. The first-order valence-electron chi connectivity index (χ1n) is 10.1. The number of hydrogen-bond acceptors (Lipinski definition) is 3. The molecule has 0 saturated carbocycles. The number of amides is 2. The van der Waals surface area contributed by atoms with E-state index in [0.717, 1.165) is 17.0 Å². The van der Waals surface area contributed by atoms with Gasteiger partial charge in [0.15, 0.2) is 0 Å². The van der Waals surface area contributed by atoms with E-state index in [1.807, 2.05) is 31.4 Å². The zero-order valence-electron chi connectivity index (χ0n) is 17.1. The molecule has 2 unspecified atom stereocenters.